The molecular formula is C23H22FN5O2. The van der Waals surface area contributed by atoms with Gasteiger partial charge in [-0.3, -0.25) is 0 Å². The van der Waals surface area contributed by atoms with Crippen LogP contribution >= 0.6 is 0 Å². The first-order chi connectivity index (χ1) is 14.6. The third-order valence-corrected chi connectivity index (χ3v) is 5.65. The Morgan fingerprint density at radius 1 is 1.29 bits per heavy atom. The monoisotopic (exact) mass is 419 g/mol. The maximum absolute atomic E-state index is 14.0. The van der Waals surface area contributed by atoms with Crippen molar-refractivity contribution in [3.8, 4) is 18.2 Å². The van der Waals surface area contributed by atoms with Crippen LogP contribution in [0, 0.1) is 62.5 Å². The number of nitrogens with zero attached hydrogens (tertiary/aromatic N) is 4. The summed E-state index contributed by atoms with van der Waals surface area (Å²) in [5.41, 5.74) is -2.07. The van der Waals surface area contributed by atoms with Crippen LogP contribution in [0.25, 0.3) is 0 Å². The third kappa shape index (κ3) is 3.76. The van der Waals surface area contributed by atoms with E-state index in [1.165, 1.54) is 23.1 Å². The summed E-state index contributed by atoms with van der Waals surface area (Å²) in [7, 11) is 0. The molecule has 1 saturated carbocycles. The number of amides is 1. The van der Waals surface area contributed by atoms with Crippen molar-refractivity contribution in [1.29, 1.82) is 21.2 Å². The van der Waals surface area contributed by atoms with Crippen molar-refractivity contribution < 1.29 is 13.9 Å². The van der Waals surface area contributed by atoms with Gasteiger partial charge in [-0.05, 0) is 44.0 Å². The lowest BCUT2D eigenvalue weighted by molar-refractivity contribution is 0.0223. The molecule has 2 aliphatic rings. The number of carbonyl (C=O) groups excluding carboxylic acids is 1. The summed E-state index contributed by atoms with van der Waals surface area (Å²) in [6.45, 7) is 5.42. The van der Waals surface area contributed by atoms with E-state index in [4.69, 9.17) is 10.1 Å². The molecule has 1 aromatic carbocycles. The van der Waals surface area contributed by atoms with Crippen LogP contribution in [-0.4, -0.2) is 35.4 Å². The first-order valence-electron chi connectivity index (χ1n) is 9.83. The summed E-state index contributed by atoms with van der Waals surface area (Å²) in [4.78, 5) is 14.1. The molecule has 1 fully saturated rings. The van der Waals surface area contributed by atoms with Crippen molar-refractivity contribution in [2.75, 3.05) is 13.1 Å². The molecule has 158 valence electrons. The average molecular weight is 419 g/mol. The summed E-state index contributed by atoms with van der Waals surface area (Å²) >= 11 is 0. The van der Waals surface area contributed by atoms with Gasteiger partial charge in [0, 0.05) is 24.9 Å². The Morgan fingerprint density at radius 2 is 1.97 bits per heavy atom. The summed E-state index contributed by atoms with van der Waals surface area (Å²) in [6, 6.07) is 11.6. The van der Waals surface area contributed by atoms with E-state index in [0.29, 0.717) is 11.1 Å². The largest absolute Gasteiger partial charge is 0.444 e. The van der Waals surface area contributed by atoms with E-state index >= 15 is 0 Å². The summed E-state index contributed by atoms with van der Waals surface area (Å²) in [5.74, 6) is -2.94. The summed E-state index contributed by atoms with van der Waals surface area (Å²) in [5, 5.41) is 38.2. The zero-order valence-electron chi connectivity index (χ0n) is 17.5. The molecule has 0 bridgehead atoms. The Morgan fingerprint density at radius 3 is 2.52 bits per heavy atom. The van der Waals surface area contributed by atoms with Gasteiger partial charge in [-0.15, -0.1) is 0 Å². The summed E-state index contributed by atoms with van der Waals surface area (Å²) in [6.07, 6.45) is 1.04. The normalized spacial score (nSPS) is 24.7. The minimum absolute atomic E-state index is 0.0818. The van der Waals surface area contributed by atoms with Gasteiger partial charge in [0.05, 0.1) is 29.8 Å². The topological polar surface area (TPSA) is 125 Å². The molecule has 0 aromatic heterocycles. The SMILES string of the molecule is CC(C)(C)OC(=O)N1CC=C2[C@@H](C1)[C@H](c1cccc(F)c1)[C@H](C#N)C(=N)C2(C#N)C#N. The van der Waals surface area contributed by atoms with Gasteiger partial charge in [-0.2, -0.15) is 15.8 Å². The van der Waals surface area contributed by atoms with Gasteiger partial charge in [0.1, 0.15) is 11.4 Å². The molecule has 7 nitrogen and oxygen atoms in total. The van der Waals surface area contributed by atoms with Crippen LogP contribution in [0.15, 0.2) is 35.9 Å². The van der Waals surface area contributed by atoms with Gasteiger partial charge in [0.25, 0.3) is 0 Å². The molecule has 3 rings (SSSR count). The van der Waals surface area contributed by atoms with E-state index in [1.54, 1.807) is 32.9 Å². The van der Waals surface area contributed by atoms with Crippen LogP contribution in [0.5, 0.6) is 0 Å². The zero-order valence-corrected chi connectivity index (χ0v) is 17.5. The van der Waals surface area contributed by atoms with Gasteiger partial charge in [0.2, 0.25) is 5.41 Å². The minimum atomic E-state index is -1.89. The highest BCUT2D eigenvalue weighted by molar-refractivity contribution is 6.01. The molecule has 0 radical (unpaired) electrons. The van der Waals surface area contributed by atoms with Crippen LogP contribution in [0.2, 0.25) is 0 Å². The van der Waals surface area contributed by atoms with Crippen LogP contribution < -0.4 is 0 Å². The van der Waals surface area contributed by atoms with Crippen LogP contribution in [0.1, 0.15) is 32.3 Å². The van der Waals surface area contributed by atoms with Gasteiger partial charge in [-0.1, -0.05) is 18.2 Å². The number of nitriles is 3. The maximum Gasteiger partial charge on any atom is 0.410 e. The van der Waals surface area contributed by atoms with Crippen molar-refractivity contribution >= 4 is 11.8 Å². The Bertz CT molecular complexity index is 1070. The molecule has 0 saturated heterocycles. The van der Waals surface area contributed by atoms with Crippen molar-refractivity contribution in [2.45, 2.75) is 32.3 Å². The average Bonchev–Trinajstić information content (AvgIpc) is 2.71. The highest BCUT2D eigenvalue weighted by atomic mass is 19.1. The predicted octanol–water partition coefficient (Wildman–Crippen LogP) is 3.91. The molecule has 1 amide bonds. The smallest absolute Gasteiger partial charge is 0.410 e. The molecule has 0 spiro atoms. The first-order valence-corrected chi connectivity index (χ1v) is 9.83. The van der Waals surface area contributed by atoms with E-state index in [-0.39, 0.29) is 18.8 Å². The molecule has 0 unspecified atom stereocenters. The van der Waals surface area contributed by atoms with Crippen molar-refractivity contribution in [3.63, 3.8) is 0 Å². The second-order valence-electron chi connectivity index (χ2n) is 8.73. The van der Waals surface area contributed by atoms with Gasteiger partial charge >= 0.3 is 6.09 Å². The van der Waals surface area contributed by atoms with E-state index in [9.17, 15) is 25.0 Å². The van der Waals surface area contributed by atoms with Crippen molar-refractivity contribution in [3.05, 3.63) is 47.3 Å². The van der Waals surface area contributed by atoms with Crippen molar-refractivity contribution in [2.24, 2.45) is 17.3 Å². The maximum atomic E-state index is 14.0. The molecular weight excluding hydrogens is 397 g/mol. The third-order valence-electron chi connectivity index (χ3n) is 5.65. The molecule has 3 atom stereocenters. The number of benzene rings is 1. The predicted molar refractivity (Wildman–Crippen MR) is 109 cm³/mol. The lowest BCUT2D eigenvalue weighted by Crippen LogP contribution is -2.53. The fourth-order valence-electron chi connectivity index (χ4n) is 4.34. The van der Waals surface area contributed by atoms with E-state index in [1.807, 2.05) is 18.2 Å². The van der Waals surface area contributed by atoms with Crippen molar-refractivity contribution in [1.82, 2.24) is 4.90 Å². The molecule has 1 aliphatic heterocycles. The fourth-order valence-corrected chi connectivity index (χ4v) is 4.34. The quantitative estimate of drug-likeness (QED) is 0.691. The molecule has 1 heterocycles. The van der Waals surface area contributed by atoms with E-state index < -0.39 is 40.7 Å². The molecule has 8 heteroatoms. The van der Waals surface area contributed by atoms with Crippen LogP contribution in [-0.2, 0) is 4.74 Å². The summed E-state index contributed by atoms with van der Waals surface area (Å²) < 4.78 is 19.5. The Labute approximate surface area is 180 Å². The number of ether oxygens (including phenoxy) is 1. The van der Waals surface area contributed by atoms with Gasteiger partial charge in [0.15, 0.2) is 0 Å². The van der Waals surface area contributed by atoms with Gasteiger partial charge in [-0.25, -0.2) is 9.18 Å². The van der Waals surface area contributed by atoms with E-state index in [2.05, 4.69) is 0 Å². The Balaban J connectivity index is 2.14. The number of nitrogens with one attached hydrogen (secondary N) is 1. The highest BCUT2D eigenvalue weighted by Gasteiger charge is 2.57. The second kappa shape index (κ2) is 7.85. The van der Waals surface area contributed by atoms with Crippen LogP contribution in [0.4, 0.5) is 9.18 Å². The number of halogens is 1. The highest BCUT2D eigenvalue weighted by Crippen LogP contribution is 2.52. The van der Waals surface area contributed by atoms with Crippen LogP contribution in [0.3, 0.4) is 0 Å². The number of hydrogen-bond donors (Lipinski definition) is 1. The number of fused-ring (bicyclic) bond motifs is 1. The second-order valence-corrected chi connectivity index (χ2v) is 8.73. The minimum Gasteiger partial charge on any atom is -0.444 e. The van der Waals surface area contributed by atoms with E-state index in [0.717, 1.165) is 0 Å². The van der Waals surface area contributed by atoms with Gasteiger partial charge < -0.3 is 15.0 Å². The lowest BCUT2D eigenvalue weighted by atomic mass is 9.55. The molecule has 1 aliphatic carbocycles. The fraction of sp³-hybridized carbons (Fsp3) is 0.435. The first kappa shape index (κ1) is 22.0. The zero-order chi connectivity index (χ0) is 23.0. The number of rotatable bonds is 1. The molecule has 1 aromatic rings. The molecule has 1 N–H and O–H groups in total. The Kier molecular flexibility index (Phi) is 5.57. The Hall–Kier alpha value is -3.70. The molecule has 31 heavy (non-hydrogen) atoms. The number of hydrogen-bond acceptors (Lipinski definition) is 6. The standard InChI is InChI=1S/C23H22FN5O2/c1-22(2,3)31-21(30)29-8-7-18-17(11-29)19(14-5-4-6-15(24)9-14)16(10-25)20(28)23(18,12-26)13-27/h4-7,9,16-17,19,28H,8,11H2,1-3H3/t16-,17+,19+/m0/s1. The number of carbonyl (C=O) groups is 1. The lowest BCUT2D eigenvalue weighted by Gasteiger charge is -2.47.